The van der Waals surface area contributed by atoms with Crippen LogP contribution in [-0.2, 0) is 4.79 Å². The number of nitrogens with zero attached hydrogens (tertiary/aromatic N) is 3. The molecule has 1 N–H and O–H groups in total. The first-order chi connectivity index (χ1) is 12.2. The number of carbonyl (C=O) groups excluding carboxylic acids is 1. The standard InChI is InChI=1S/C20H22N4O/c25-19(7-6-16-4-2-1-3-5-16)24-11-9-20(14-24)12-17(13-20)23-18-8-10-21-15-22-18/h1-8,10,15,17H,9,11-14H2,(H,21,22,23). The molecule has 2 heterocycles. The fraction of sp³-hybridized carbons (Fsp3) is 0.350. The predicted octanol–water partition coefficient (Wildman–Crippen LogP) is 2.98. The van der Waals surface area contributed by atoms with Crippen molar-refractivity contribution in [3.05, 3.63) is 60.6 Å². The van der Waals surface area contributed by atoms with Crippen molar-refractivity contribution >= 4 is 17.8 Å². The molecule has 2 aromatic rings. The molecule has 0 bridgehead atoms. The lowest BCUT2D eigenvalue weighted by molar-refractivity contribution is -0.125. The van der Waals surface area contributed by atoms with Crippen LogP contribution in [0.15, 0.2) is 55.0 Å². The van der Waals surface area contributed by atoms with Gasteiger partial charge in [-0.2, -0.15) is 0 Å². The van der Waals surface area contributed by atoms with Gasteiger partial charge in [0.1, 0.15) is 12.1 Å². The topological polar surface area (TPSA) is 58.1 Å². The summed E-state index contributed by atoms with van der Waals surface area (Å²) in [5.74, 6) is 1.000. The van der Waals surface area contributed by atoms with Gasteiger partial charge in [0.05, 0.1) is 0 Å². The van der Waals surface area contributed by atoms with Crippen molar-refractivity contribution in [2.45, 2.75) is 25.3 Å². The summed E-state index contributed by atoms with van der Waals surface area (Å²) in [4.78, 5) is 22.6. The van der Waals surface area contributed by atoms with Crippen LogP contribution >= 0.6 is 0 Å². The number of likely N-dealkylation sites (tertiary alicyclic amines) is 1. The van der Waals surface area contributed by atoms with E-state index < -0.39 is 0 Å². The van der Waals surface area contributed by atoms with Gasteiger partial charge in [-0.1, -0.05) is 30.3 Å². The highest BCUT2D eigenvalue weighted by molar-refractivity contribution is 5.92. The maximum absolute atomic E-state index is 12.4. The Bertz CT molecular complexity index is 754. The zero-order valence-electron chi connectivity index (χ0n) is 14.1. The summed E-state index contributed by atoms with van der Waals surface area (Å²) >= 11 is 0. The molecular formula is C20H22N4O. The fourth-order valence-electron chi connectivity index (χ4n) is 3.97. The van der Waals surface area contributed by atoms with Crippen molar-refractivity contribution in [2.75, 3.05) is 18.4 Å². The van der Waals surface area contributed by atoms with Gasteiger partial charge in [-0.3, -0.25) is 4.79 Å². The zero-order valence-corrected chi connectivity index (χ0v) is 14.1. The molecule has 1 spiro atoms. The number of hydrogen-bond donors (Lipinski definition) is 1. The minimum Gasteiger partial charge on any atom is -0.367 e. The van der Waals surface area contributed by atoms with Gasteiger partial charge in [0.25, 0.3) is 0 Å². The molecule has 25 heavy (non-hydrogen) atoms. The molecule has 2 aliphatic rings. The van der Waals surface area contributed by atoms with Gasteiger partial charge >= 0.3 is 0 Å². The maximum atomic E-state index is 12.4. The summed E-state index contributed by atoms with van der Waals surface area (Å²) in [5, 5.41) is 3.45. The van der Waals surface area contributed by atoms with Crippen LogP contribution in [0, 0.1) is 5.41 Å². The normalized spacial score (nSPS) is 25.3. The highest BCUT2D eigenvalue weighted by atomic mass is 16.2. The Morgan fingerprint density at radius 1 is 1.24 bits per heavy atom. The molecule has 0 radical (unpaired) electrons. The van der Waals surface area contributed by atoms with Crippen LogP contribution in [-0.4, -0.2) is 39.9 Å². The number of benzene rings is 1. The van der Waals surface area contributed by atoms with Gasteiger partial charge in [-0.05, 0) is 42.4 Å². The smallest absolute Gasteiger partial charge is 0.246 e. The van der Waals surface area contributed by atoms with Gasteiger partial charge in [0.2, 0.25) is 5.91 Å². The Morgan fingerprint density at radius 2 is 2.08 bits per heavy atom. The maximum Gasteiger partial charge on any atom is 0.246 e. The number of amides is 1. The van der Waals surface area contributed by atoms with E-state index in [-0.39, 0.29) is 5.91 Å². The molecule has 1 amide bonds. The van der Waals surface area contributed by atoms with Gasteiger partial charge in [0.15, 0.2) is 0 Å². The molecule has 1 aromatic heterocycles. The number of anilines is 1. The van der Waals surface area contributed by atoms with Crippen LogP contribution < -0.4 is 5.32 Å². The Morgan fingerprint density at radius 3 is 2.84 bits per heavy atom. The number of carbonyl (C=O) groups is 1. The molecule has 0 unspecified atom stereocenters. The van der Waals surface area contributed by atoms with Crippen molar-refractivity contribution in [1.82, 2.24) is 14.9 Å². The van der Waals surface area contributed by atoms with E-state index in [1.165, 1.54) is 0 Å². The summed E-state index contributed by atoms with van der Waals surface area (Å²) < 4.78 is 0. The van der Waals surface area contributed by atoms with Crippen molar-refractivity contribution in [3.8, 4) is 0 Å². The Kier molecular flexibility index (Phi) is 4.22. The lowest BCUT2D eigenvalue weighted by atomic mass is 9.65. The highest BCUT2D eigenvalue weighted by Gasteiger charge is 2.49. The molecular weight excluding hydrogens is 312 g/mol. The second kappa shape index (κ2) is 6.67. The minimum absolute atomic E-state index is 0.118. The number of nitrogens with one attached hydrogen (secondary N) is 1. The van der Waals surface area contributed by atoms with Crippen LogP contribution in [0.25, 0.3) is 6.08 Å². The summed E-state index contributed by atoms with van der Waals surface area (Å²) in [5.41, 5.74) is 1.35. The fourth-order valence-corrected chi connectivity index (χ4v) is 3.97. The minimum atomic E-state index is 0.118. The van der Waals surface area contributed by atoms with E-state index in [1.54, 1.807) is 18.6 Å². The van der Waals surface area contributed by atoms with Gasteiger partial charge in [-0.15, -0.1) is 0 Å². The third kappa shape index (κ3) is 3.55. The monoisotopic (exact) mass is 334 g/mol. The Labute approximate surface area is 147 Å². The number of aromatic nitrogens is 2. The Hall–Kier alpha value is -2.69. The lowest BCUT2D eigenvalue weighted by Gasteiger charge is -2.45. The average molecular weight is 334 g/mol. The van der Waals surface area contributed by atoms with E-state index in [9.17, 15) is 4.79 Å². The van der Waals surface area contributed by atoms with E-state index >= 15 is 0 Å². The van der Waals surface area contributed by atoms with E-state index in [0.717, 1.165) is 43.7 Å². The first-order valence-electron chi connectivity index (χ1n) is 8.77. The molecule has 5 nitrogen and oxygen atoms in total. The van der Waals surface area contributed by atoms with Crippen molar-refractivity contribution < 1.29 is 4.79 Å². The molecule has 1 aliphatic carbocycles. The number of rotatable bonds is 4. The van der Waals surface area contributed by atoms with Crippen LogP contribution in [0.2, 0.25) is 0 Å². The molecule has 0 atom stereocenters. The Balaban J connectivity index is 1.29. The third-order valence-electron chi connectivity index (χ3n) is 5.26. The van der Waals surface area contributed by atoms with Crippen molar-refractivity contribution in [3.63, 3.8) is 0 Å². The second-order valence-electron chi connectivity index (χ2n) is 7.10. The molecule has 1 aliphatic heterocycles. The molecule has 1 aromatic carbocycles. The van der Waals surface area contributed by atoms with Crippen molar-refractivity contribution in [1.29, 1.82) is 0 Å². The molecule has 128 valence electrons. The quantitative estimate of drug-likeness (QED) is 0.873. The van der Waals surface area contributed by atoms with Crippen LogP contribution in [0.4, 0.5) is 5.82 Å². The summed E-state index contributed by atoms with van der Waals surface area (Å²) in [6.07, 6.45) is 10.2. The van der Waals surface area contributed by atoms with E-state index in [4.69, 9.17) is 0 Å². The zero-order chi connectivity index (χ0) is 17.1. The first kappa shape index (κ1) is 15.8. The summed E-state index contributed by atoms with van der Waals surface area (Å²) in [6, 6.07) is 12.3. The summed E-state index contributed by atoms with van der Waals surface area (Å²) in [7, 11) is 0. The van der Waals surface area contributed by atoms with Crippen LogP contribution in [0.5, 0.6) is 0 Å². The van der Waals surface area contributed by atoms with Crippen molar-refractivity contribution in [2.24, 2.45) is 5.41 Å². The second-order valence-corrected chi connectivity index (χ2v) is 7.10. The van der Waals surface area contributed by atoms with Gasteiger partial charge in [-0.25, -0.2) is 9.97 Å². The molecule has 5 heteroatoms. The molecule has 2 fully saturated rings. The van der Waals surface area contributed by atoms with E-state index in [0.29, 0.717) is 11.5 Å². The third-order valence-corrected chi connectivity index (χ3v) is 5.26. The van der Waals surface area contributed by atoms with Gasteiger partial charge in [0, 0.05) is 31.4 Å². The number of hydrogen-bond acceptors (Lipinski definition) is 4. The largest absolute Gasteiger partial charge is 0.367 e. The van der Waals surface area contributed by atoms with E-state index in [1.807, 2.05) is 47.4 Å². The first-order valence-corrected chi connectivity index (χ1v) is 8.77. The average Bonchev–Trinajstić information content (AvgIpc) is 3.07. The highest BCUT2D eigenvalue weighted by Crippen LogP contribution is 2.49. The van der Waals surface area contributed by atoms with Gasteiger partial charge < -0.3 is 10.2 Å². The molecule has 1 saturated heterocycles. The SMILES string of the molecule is O=C(C=Cc1ccccc1)N1CCC2(CC(Nc3ccncn3)C2)C1. The molecule has 1 saturated carbocycles. The van der Waals surface area contributed by atoms with Crippen LogP contribution in [0.3, 0.4) is 0 Å². The summed E-state index contributed by atoms with van der Waals surface area (Å²) in [6.45, 7) is 1.73. The molecule has 4 rings (SSSR count). The lowest BCUT2D eigenvalue weighted by Crippen LogP contribution is -2.47. The predicted molar refractivity (Wildman–Crippen MR) is 97.8 cm³/mol. The van der Waals surface area contributed by atoms with Crippen LogP contribution in [0.1, 0.15) is 24.8 Å². The van der Waals surface area contributed by atoms with E-state index in [2.05, 4.69) is 15.3 Å².